The highest BCUT2D eigenvalue weighted by molar-refractivity contribution is 5.85. The van der Waals surface area contributed by atoms with Gasteiger partial charge in [-0.25, -0.2) is 0 Å². The van der Waals surface area contributed by atoms with Gasteiger partial charge in [-0.15, -0.1) is 0 Å². The Balaban J connectivity index is 2.78. The third-order valence-electron chi connectivity index (χ3n) is 4.02. The molecule has 1 unspecified atom stereocenters. The van der Waals surface area contributed by atoms with Crippen LogP contribution in [0.3, 0.4) is 0 Å². The van der Waals surface area contributed by atoms with Crippen molar-refractivity contribution >= 4 is 17.8 Å². The highest BCUT2D eigenvalue weighted by atomic mass is 16.5. The second-order valence-corrected chi connectivity index (χ2v) is 6.89. The molecule has 0 spiro atoms. The van der Waals surface area contributed by atoms with Crippen molar-refractivity contribution in [1.82, 2.24) is 10.6 Å². The summed E-state index contributed by atoms with van der Waals surface area (Å²) < 4.78 is 5.17. The maximum Gasteiger partial charge on any atom is 0.306 e. The summed E-state index contributed by atoms with van der Waals surface area (Å²) in [5.74, 6) is -0.724. The molecular weight excluding hydrogens is 336 g/mol. The number of hydrogen-bond acceptors (Lipinski definition) is 4. The zero-order valence-electron chi connectivity index (χ0n) is 15.8. The molecule has 0 aliphatic carbocycles. The van der Waals surface area contributed by atoms with Crippen LogP contribution in [0.1, 0.15) is 45.6 Å². The topological polar surface area (TPSA) is 105 Å². The first-order chi connectivity index (χ1) is 12.2. The van der Waals surface area contributed by atoms with Crippen molar-refractivity contribution in [3.63, 3.8) is 0 Å². The number of aliphatic carboxylic acids is 1. The molecule has 0 aliphatic heterocycles. The Hall–Kier alpha value is -2.57. The van der Waals surface area contributed by atoms with Crippen LogP contribution in [0.25, 0.3) is 0 Å². The number of nitrogens with one attached hydrogen (secondary N) is 2. The van der Waals surface area contributed by atoms with Crippen LogP contribution in [0.5, 0.6) is 5.75 Å². The van der Waals surface area contributed by atoms with Gasteiger partial charge >= 0.3 is 5.97 Å². The van der Waals surface area contributed by atoms with Crippen LogP contribution in [-0.2, 0) is 19.9 Å². The third-order valence-corrected chi connectivity index (χ3v) is 4.02. The Kier molecular flexibility index (Phi) is 8.09. The van der Waals surface area contributed by atoms with Gasteiger partial charge in [-0.3, -0.25) is 14.4 Å². The van der Waals surface area contributed by atoms with E-state index >= 15 is 0 Å². The van der Waals surface area contributed by atoms with E-state index in [2.05, 4.69) is 10.6 Å². The zero-order valence-corrected chi connectivity index (χ0v) is 15.8. The molecule has 3 N–H and O–H groups in total. The molecule has 1 atom stereocenters. The molecule has 1 aromatic carbocycles. The van der Waals surface area contributed by atoms with Gasteiger partial charge in [0.05, 0.1) is 25.6 Å². The molecule has 0 saturated carbocycles. The molecule has 0 heterocycles. The summed E-state index contributed by atoms with van der Waals surface area (Å²) in [7, 11) is 1.51. The maximum absolute atomic E-state index is 12.3. The van der Waals surface area contributed by atoms with Gasteiger partial charge in [-0.2, -0.15) is 0 Å². The predicted octanol–water partition coefficient (Wildman–Crippen LogP) is 2.05. The molecule has 0 bridgehead atoms. The standard InChI is InChI=1S/C19H28N2O5/c1-13(2)8-9-16(22)20-12-17(23)21-19(3,11-18(24)25)14-6-5-7-15(10-14)26-4/h5-7,10,13H,8-9,11-12H2,1-4H3,(H,20,22)(H,21,23)(H,24,25). The SMILES string of the molecule is COc1cccc(C(C)(CC(=O)O)NC(=O)CNC(=O)CCC(C)C)c1. The largest absolute Gasteiger partial charge is 0.497 e. The molecule has 0 aliphatic rings. The normalized spacial score (nSPS) is 13.0. The Morgan fingerprint density at radius 3 is 2.50 bits per heavy atom. The van der Waals surface area contributed by atoms with Crippen molar-refractivity contribution in [2.45, 2.75) is 45.6 Å². The molecule has 7 nitrogen and oxygen atoms in total. The van der Waals surface area contributed by atoms with Crippen molar-refractivity contribution in [3.8, 4) is 5.75 Å². The van der Waals surface area contributed by atoms with E-state index in [1.54, 1.807) is 31.2 Å². The fourth-order valence-corrected chi connectivity index (χ4v) is 2.53. The first-order valence-electron chi connectivity index (χ1n) is 8.60. The minimum atomic E-state index is -1.12. The lowest BCUT2D eigenvalue weighted by atomic mass is 9.88. The van der Waals surface area contributed by atoms with Crippen LogP contribution in [-0.4, -0.2) is 36.5 Å². The molecule has 26 heavy (non-hydrogen) atoms. The number of carboxylic acids is 1. The van der Waals surface area contributed by atoms with Gasteiger partial charge in [0.25, 0.3) is 0 Å². The van der Waals surface area contributed by atoms with Gasteiger partial charge in [0, 0.05) is 6.42 Å². The molecular formula is C19H28N2O5. The van der Waals surface area contributed by atoms with E-state index in [0.717, 1.165) is 6.42 Å². The average Bonchev–Trinajstić information content (AvgIpc) is 2.57. The minimum absolute atomic E-state index is 0.198. The summed E-state index contributed by atoms with van der Waals surface area (Å²) in [5, 5.41) is 14.5. The van der Waals surface area contributed by atoms with Gasteiger partial charge in [-0.1, -0.05) is 26.0 Å². The molecule has 144 valence electrons. The summed E-state index contributed by atoms with van der Waals surface area (Å²) in [6.45, 7) is 5.47. The Bertz CT molecular complexity index is 645. The minimum Gasteiger partial charge on any atom is -0.497 e. The van der Waals surface area contributed by atoms with Gasteiger partial charge in [0.2, 0.25) is 11.8 Å². The third kappa shape index (κ3) is 7.13. The molecule has 2 amide bonds. The first kappa shape index (κ1) is 21.5. The molecule has 0 saturated heterocycles. The maximum atomic E-state index is 12.3. The predicted molar refractivity (Wildman–Crippen MR) is 97.8 cm³/mol. The van der Waals surface area contributed by atoms with E-state index in [4.69, 9.17) is 4.74 Å². The lowest BCUT2D eigenvalue weighted by molar-refractivity contribution is -0.139. The summed E-state index contributed by atoms with van der Waals surface area (Å²) >= 11 is 0. The second kappa shape index (κ2) is 9.79. The number of carboxylic acid groups (broad SMARTS) is 1. The van der Waals surface area contributed by atoms with Crippen molar-refractivity contribution in [2.75, 3.05) is 13.7 Å². The van der Waals surface area contributed by atoms with Crippen LogP contribution >= 0.6 is 0 Å². The lowest BCUT2D eigenvalue weighted by Crippen LogP contribution is -2.48. The smallest absolute Gasteiger partial charge is 0.306 e. The van der Waals surface area contributed by atoms with E-state index in [1.165, 1.54) is 7.11 Å². The Labute approximate surface area is 154 Å². The highest BCUT2D eigenvalue weighted by Crippen LogP contribution is 2.27. The van der Waals surface area contributed by atoms with E-state index in [9.17, 15) is 19.5 Å². The van der Waals surface area contributed by atoms with Crippen LogP contribution in [0, 0.1) is 5.92 Å². The molecule has 0 fully saturated rings. The van der Waals surface area contributed by atoms with Gasteiger partial charge in [-0.05, 0) is 37.0 Å². The van der Waals surface area contributed by atoms with Crippen LogP contribution < -0.4 is 15.4 Å². The van der Waals surface area contributed by atoms with Crippen LogP contribution in [0.15, 0.2) is 24.3 Å². The number of hydrogen-bond donors (Lipinski definition) is 3. The average molecular weight is 364 g/mol. The second-order valence-electron chi connectivity index (χ2n) is 6.89. The molecule has 1 aromatic rings. The van der Waals surface area contributed by atoms with Crippen molar-refractivity contribution in [1.29, 1.82) is 0 Å². The van der Waals surface area contributed by atoms with E-state index < -0.39 is 17.4 Å². The number of rotatable bonds is 10. The Morgan fingerprint density at radius 2 is 1.92 bits per heavy atom. The Morgan fingerprint density at radius 1 is 1.23 bits per heavy atom. The number of amides is 2. The van der Waals surface area contributed by atoms with E-state index in [0.29, 0.717) is 23.7 Å². The summed E-state index contributed by atoms with van der Waals surface area (Å²) in [5.41, 5.74) is -0.515. The van der Waals surface area contributed by atoms with Crippen molar-refractivity contribution in [2.24, 2.45) is 5.92 Å². The van der Waals surface area contributed by atoms with E-state index in [1.807, 2.05) is 13.8 Å². The number of benzene rings is 1. The summed E-state index contributed by atoms with van der Waals surface area (Å²) in [6.07, 6.45) is 0.800. The number of ether oxygens (including phenoxy) is 1. The quantitative estimate of drug-likeness (QED) is 0.589. The fraction of sp³-hybridized carbons (Fsp3) is 0.526. The van der Waals surface area contributed by atoms with Crippen LogP contribution in [0.2, 0.25) is 0 Å². The molecule has 0 radical (unpaired) electrons. The monoisotopic (exact) mass is 364 g/mol. The summed E-state index contributed by atoms with van der Waals surface area (Å²) in [4.78, 5) is 35.3. The molecule has 7 heteroatoms. The van der Waals surface area contributed by atoms with Gasteiger partial charge < -0.3 is 20.5 Å². The zero-order chi connectivity index (χ0) is 19.7. The highest BCUT2D eigenvalue weighted by Gasteiger charge is 2.31. The first-order valence-corrected chi connectivity index (χ1v) is 8.60. The van der Waals surface area contributed by atoms with Crippen LogP contribution in [0.4, 0.5) is 0 Å². The van der Waals surface area contributed by atoms with E-state index in [-0.39, 0.29) is 18.9 Å². The van der Waals surface area contributed by atoms with Crippen molar-refractivity contribution < 1.29 is 24.2 Å². The molecule has 0 aromatic heterocycles. The number of carbonyl (C=O) groups is 3. The summed E-state index contributed by atoms with van der Waals surface area (Å²) in [6, 6.07) is 6.88. The fourth-order valence-electron chi connectivity index (χ4n) is 2.53. The number of carbonyl (C=O) groups excluding carboxylic acids is 2. The van der Waals surface area contributed by atoms with Crippen molar-refractivity contribution in [3.05, 3.63) is 29.8 Å². The number of methoxy groups -OCH3 is 1. The van der Waals surface area contributed by atoms with Gasteiger partial charge in [0.15, 0.2) is 0 Å². The van der Waals surface area contributed by atoms with Gasteiger partial charge in [0.1, 0.15) is 5.75 Å². The molecule has 1 rings (SSSR count). The lowest BCUT2D eigenvalue weighted by Gasteiger charge is -2.30.